The van der Waals surface area contributed by atoms with Crippen LogP contribution >= 0.6 is 0 Å². The second-order valence-corrected chi connectivity index (χ2v) is 15.3. The number of fused-ring (bicyclic) bond motifs is 10. The molecule has 4 heteroatoms. The summed E-state index contributed by atoms with van der Waals surface area (Å²) in [5, 5.41) is 4.75. The third-order valence-corrected chi connectivity index (χ3v) is 12.6. The van der Waals surface area contributed by atoms with E-state index in [4.69, 9.17) is 0 Å². The molecule has 2 aliphatic rings. The molecule has 2 unspecified atom stereocenters. The first-order chi connectivity index (χ1) is 28.3. The van der Waals surface area contributed by atoms with Crippen molar-refractivity contribution in [3.8, 4) is 33.6 Å². The van der Waals surface area contributed by atoms with Crippen LogP contribution in [0.3, 0.4) is 0 Å². The maximum Gasteiger partial charge on any atom is 0.0623 e. The Kier molecular flexibility index (Phi) is 6.93. The zero-order valence-electron chi connectivity index (χ0n) is 31.1. The molecule has 4 aromatic heterocycles. The maximum atomic E-state index is 4.64. The second kappa shape index (κ2) is 12.4. The van der Waals surface area contributed by atoms with Crippen LogP contribution < -0.4 is 0 Å². The molecule has 4 heterocycles. The summed E-state index contributed by atoms with van der Waals surface area (Å²) in [6.07, 6.45) is 17.9. The SMILES string of the molecule is C1=CCC(C2(c3ccccc3)c3ccccc3-c3c2ccc2c4cnccc4n(-c4ccc(-c5ccc(-n6c7ccccc7c7cnccc76)cc5)cc4)c32)C=C1. The number of para-hydroxylation sites is 1. The van der Waals surface area contributed by atoms with E-state index in [-0.39, 0.29) is 11.3 Å². The molecule has 2 atom stereocenters. The van der Waals surface area contributed by atoms with Crippen LogP contribution in [0.15, 0.2) is 201 Å². The highest BCUT2D eigenvalue weighted by Gasteiger charge is 2.50. The summed E-state index contributed by atoms with van der Waals surface area (Å²) in [5.41, 5.74) is 15.7. The molecule has 0 saturated carbocycles. The number of hydrogen-bond acceptors (Lipinski definition) is 2. The van der Waals surface area contributed by atoms with Gasteiger partial charge in [0.25, 0.3) is 0 Å². The molecule has 2 aliphatic carbocycles. The molecule has 0 spiro atoms. The smallest absolute Gasteiger partial charge is 0.0623 e. The summed E-state index contributed by atoms with van der Waals surface area (Å²) in [6, 6.07) is 55.9. The Bertz CT molecular complexity index is 3200. The van der Waals surface area contributed by atoms with Gasteiger partial charge in [-0.25, -0.2) is 0 Å². The minimum Gasteiger partial charge on any atom is -0.309 e. The van der Waals surface area contributed by atoms with E-state index in [9.17, 15) is 0 Å². The fraction of sp³-hybridized carbons (Fsp3) is 0.0566. The molecule has 12 rings (SSSR count). The molecule has 0 aliphatic heterocycles. The van der Waals surface area contributed by atoms with Crippen LogP contribution in [0.25, 0.3) is 77.2 Å². The molecule has 0 bridgehead atoms. The number of hydrogen-bond donors (Lipinski definition) is 0. The number of benzene rings is 6. The van der Waals surface area contributed by atoms with Crippen molar-refractivity contribution in [2.24, 2.45) is 5.92 Å². The largest absolute Gasteiger partial charge is 0.309 e. The van der Waals surface area contributed by atoms with E-state index in [1.165, 1.54) is 60.8 Å². The summed E-state index contributed by atoms with van der Waals surface area (Å²) in [7, 11) is 0. The molecule has 6 aromatic carbocycles. The van der Waals surface area contributed by atoms with Gasteiger partial charge in [0.15, 0.2) is 0 Å². The van der Waals surface area contributed by atoms with Gasteiger partial charge in [0.05, 0.1) is 27.5 Å². The third-order valence-electron chi connectivity index (χ3n) is 12.6. The summed E-state index contributed by atoms with van der Waals surface area (Å²) in [5.74, 6) is 0.266. The number of pyridine rings is 2. The van der Waals surface area contributed by atoms with Crippen LogP contribution in [-0.4, -0.2) is 19.1 Å². The van der Waals surface area contributed by atoms with E-state index in [0.29, 0.717) is 0 Å². The molecule has 0 saturated heterocycles. The maximum absolute atomic E-state index is 4.64. The summed E-state index contributed by atoms with van der Waals surface area (Å²) in [4.78, 5) is 9.06. The Balaban J connectivity index is 1.02. The van der Waals surface area contributed by atoms with E-state index in [1.54, 1.807) is 0 Å². The first kappa shape index (κ1) is 32.0. The molecule has 10 aromatic rings. The number of aromatic nitrogens is 4. The van der Waals surface area contributed by atoms with Crippen molar-refractivity contribution in [3.05, 3.63) is 217 Å². The fourth-order valence-corrected chi connectivity index (χ4v) is 10.2. The lowest BCUT2D eigenvalue weighted by Crippen LogP contribution is -2.35. The molecule has 0 radical (unpaired) electrons. The standard InChI is InChI=1S/C53H36N4/c1-3-11-37(12-4-1)53(38-13-5-2-6-14-38)46-17-9-7-16-43(46)51-47(53)28-27-42-45-34-55-32-30-50(45)57(52(42)51)40-25-21-36(22-26-40)35-19-23-39(24-20-35)56-48-18-10-8-15-41(48)44-33-54-31-29-49(44)56/h1-13,15-34,38H,14H2. The molecular formula is C53H36N4. The van der Waals surface area contributed by atoms with Gasteiger partial charge in [-0.3, -0.25) is 9.97 Å². The van der Waals surface area contributed by atoms with Crippen molar-refractivity contribution in [1.82, 2.24) is 19.1 Å². The average Bonchev–Trinajstić information content (AvgIpc) is 3.92. The first-order valence-electron chi connectivity index (χ1n) is 19.8. The Labute approximate surface area is 330 Å². The van der Waals surface area contributed by atoms with E-state index < -0.39 is 0 Å². The van der Waals surface area contributed by atoms with Crippen LogP contribution in [0.2, 0.25) is 0 Å². The predicted octanol–water partition coefficient (Wildman–Crippen LogP) is 12.8. The average molecular weight is 729 g/mol. The molecule has 0 fully saturated rings. The Morgan fingerprint density at radius 2 is 1.12 bits per heavy atom. The summed E-state index contributed by atoms with van der Waals surface area (Å²) in [6.45, 7) is 0. The first-order valence-corrected chi connectivity index (χ1v) is 19.8. The van der Waals surface area contributed by atoms with Crippen molar-refractivity contribution in [3.63, 3.8) is 0 Å². The van der Waals surface area contributed by atoms with Crippen molar-refractivity contribution in [2.75, 3.05) is 0 Å². The number of rotatable bonds is 5. The lowest BCUT2D eigenvalue weighted by molar-refractivity contribution is 0.457. The van der Waals surface area contributed by atoms with Crippen molar-refractivity contribution < 1.29 is 0 Å². The van der Waals surface area contributed by atoms with Crippen LogP contribution in [0.1, 0.15) is 23.1 Å². The van der Waals surface area contributed by atoms with Gasteiger partial charge >= 0.3 is 0 Å². The molecule has 0 amide bonds. The predicted molar refractivity (Wildman–Crippen MR) is 234 cm³/mol. The fourth-order valence-electron chi connectivity index (χ4n) is 10.2. The topological polar surface area (TPSA) is 35.6 Å². The summed E-state index contributed by atoms with van der Waals surface area (Å²) >= 11 is 0. The minimum absolute atomic E-state index is 0.266. The zero-order valence-corrected chi connectivity index (χ0v) is 31.1. The van der Waals surface area contributed by atoms with Gasteiger partial charge in [0.2, 0.25) is 0 Å². The second-order valence-electron chi connectivity index (χ2n) is 15.3. The molecule has 57 heavy (non-hydrogen) atoms. The Hall–Kier alpha value is -7.30. The van der Waals surface area contributed by atoms with Crippen LogP contribution in [0, 0.1) is 5.92 Å². The van der Waals surface area contributed by atoms with Gasteiger partial charge in [-0.05, 0) is 88.2 Å². The number of allylic oxidation sites excluding steroid dienone is 4. The van der Waals surface area contributed by atoms with Gasteiger partial charge in [-0.2, -0.15) is 0 Å². The van der Waals surface area contributed by atoms with Gasteiger partial charge < -0.3 is 9.13 Å². The van der Waals surface area contributed by atoms with E-state index >= 15 is 0 Å². The molecule has 0 N–H and O–H groups in total. The zero-order chi connectivity index (χ0) is 37.5. The van der Waals surface area contributed by atoms with Crippen LogP contribution in [0.4, 0.5) is 0 Å². The van der Waals surface area contributed by atoms with Crippen molar-refractivity contribution in [2.45, 2.75) is 11.8 Å². The molecule has 4 nitrogen and oxygen atoms in total. The van der Waals surface area contributed by atoms with Crippen molar-refractivity contribution in [1.29, 1.82) is 0 Å². The minimum atomic E-state index is -0.339. The highest BCUT2D eigenvalue weighted by molar-refractivity contribution is 6.16. The highest BCUT2D eigenvalue weighted by Crippen LogP contribution is 2.60. The number of nitrogens with zero attached hydrogens (tertiary/aromatic N) is 4. The summed E-state index contributed by atoms with van der Waals surface area (Å²) < 4.78 is 4.81. The van der Waals surface area contributed by atoms with Crippen LogP contribution in [-0.2, 0) is 5.41 Å². The molecule has 268 valence electrons. The monoisotopic (exact) mass is 728 g/mol. The lowest BCUT2D eigenvalue weighted by Gasteiger charge is -2.39. The van der Waals surface area contributed by atoms with Gasteiger partial charge in [0, 0.05) is 63.3 Å². The van der Waals surface area contributed by atoms with Gasteiger partial charge in [-0.1, -0.05) is 133 Å². The highest BCUT2D eigenvalue weighted by atomic mass is 15.0. The van der Waals surface area contributed by atoms with E-state index in [2.05, 4.69) is 195 Å². The Morgan fingerprint density at radius 1 is 0.491 bits per heavy atom. The van der Waals surface area contributed by atoms with E-state index in [1.807, 2.05) is 24.8 Å². The quantitative estimate of drug-likeness (QED) is 0.177. The third kappa shape index (κ3) is 4.50. The van der Waals surface area contributed by atoms with Crippen LogP contribution in [0.5, 0.6) is 0 Å². The van der Waals surface area contributed by atoms with E-state index in [0.717, 1.165) is 39.6 Å². The normalized spacial score (nSPS) is 17.2. The molecular weight excluding hydrogens is 693 g/mol. The van der Waals surface area contributed by atoms with Gasteiger partial charge in [-0.15, -0.1) is 0 Å². The van der Waals surface area contributed by atoms with Gasteiger partial charge in [0.1, 0.15) is 0 Å². The lowest BCUT2D eigenvalue weighted by atomic mass is 9.62. The Morgan fingerprint density at radius 3 is 1.86 bits per heavy atom. The van der Waals surface area contributed by atoms with Crippen molar-refractivity contribution >= 4 is 43.6 Å².